The lowest BCUT2D eigenvalue weighted by atomic mass is 10.1. The number of anilines is 1. The minimum atomic E-state index is 0. The molecule has 0 saturated carbocycles. The van der Waals surface area contributed by atoms with Gasteiger partial charge in [0, 0.05) is 44.9 Å². The monoisotopic (exact) mass is 524 g/mol. The third kappa shape index (κ3) is 6.01. The van der Waals surface area contributed by atoms with Crippen molar-refractivity contribution in [2.45, 2.75) is 25.9 Å². The predicted octanol–water partition coefficient (Wildman–Crippen LogP) is 3.63. The average molecular weight is 524 g/mol. The normalized spacial score (nSPS) is 12.6. The molecule has 2 N–H and O–H groups in total. The Labute approximate surface area is 194 Å². The highest BCUT2D eigenvalue weighted by atomic mass is 127. The summed E-state index contributed by atoms with van der Waals surface area (Å²) in [4.78, 5) is 18.6. The number of benzene rings is 2. The standard InChI is InChI=1S/C22H28N4O3.HI/c1-23-22(25-18-10-11-19(28-2)20(13-18)29-3)24-12-6-9-21(27)26-14-16-7-4-5-8-17(16)15-26;/h4-5,7-8,10-11,13H,6,9,12,14-15H2,1-3H3,(H2,23,24,25);1H. The highest BCUT2D eigenvalue weighted by molar-refractivity contribution is 14.0. The van der Waals surface area contributed by atoms with Crippen LogP contribution in [-0.4, -0.2) is 44.6 Å². The third-order valence-corrected chi connectivity index (χ3v) is 4.92. The smallest absolute Gasteiger partial charge is 0.223 e. The van der Waals surface area contributed by atoms with Crippen molar-refractivity contribution in [1.29, 1.82) is 0 Å². The molecule has 3 rings (SSSR count). The van der Waals surface area contributed by atoms with Crippen molar-refractivity contribution >= 4 is 41.5 Å². The fraction of sp³-hybridized carbons (Fsp3) is 0.364. The molecule has 2 aromatic carbocycles. The van der Waals surface area contributed by atoms with E-state index in [0.29, 0.717) is 43.5 Å². The second kappa shape index (κ2) is 11.6. The van der Waals surface area contributed by atoms with Crippen molar-refractivity contribution in [3.05, 3.63) is 53.6 Å². The van der Waals surface area contributed by atoms with E-state index in [1.165, 1.54) is 11.1 Å². The summed E-state index contributed by atoms with van der Waals surface area (Å²) in [6.07, 6.45) is 1.24. The maximum atomic E-state index is 12.5. The van der Waals surface area contributed by atoms with E-state index < -0.39 is 0 Å². The lowest BCUT2D eigenvalue weighted by Crippen LogP contribution is -2.32. The number of carbonyl (C=O) groups excluding carboxylic acids is 1. The molecule has 0 aromatic heterocycles. The fourth-order valence-corrected chi connectivity index (χ4v) is 3.34. The van der Waals surface area contributed by atoms with E-state index >= 15 is 0 Å². The molecular formula is C22H29IN4O3. The molecule has 8 heteroatoms. The van der Waals surface area contributed by atoms with Crippen LogP contribution >= 0.6 is 24.0 Å². The quantitative estimate of drug-likeness (QED) is 0.251. The molecule has 1 amide bonds. The van der Waals surface area contributed by atoms with Crippen LogP contribution in [-0.2, 0) is 17.9 Å². The molecule has 0 spiro atoms. The van der Waals surface area contributed by atoms with E-state index in [4.69, 9.17) is 9.47 Å². The summed E-state index contributed by atoms with van der Waals surface area (Å²) in [6, 6.07) is 13.8. The first kappa shape index (κ1) is 23.8. The van der Waals surface area contributed by atoms with Gasteiger partial charge in [-0.1, -0.05) is 24.3 Å². The van der Waals surface area contributed by atoms with Gasteiger partial charge < -0.3 is 25.0 Å². The first-order valence-electron chi connectivity index (χ1n) is 9.69. The van der Waals surface area contributed by atoms with Crippen LogP contribution in [0.4, 0.5) is 5.69 Å². The number of ether oxygens (including phenoxy) is 2. The Kier molecular flexibility index (Phi) is 9.22. The number of amides is 1. The van der Waals surface area contributed by atoms with Crippen LogP contribution in [0.25, 0.3) is 0 Å². The molecule has 162 valence electrons. The number of hydrogen-bond donors (Lipinski definition) is 2. The van der Waals surface area contributed by atoms with Crippen molar-refractivity contribution in [3.8, 4) is 11.5 Å². The molecule has 0 unspecified atom stereocenters. The van der Waals surface area contributed by atoms with Crippen molar-refractivity contribution in [3.63, 3.8) is 0 Å². The molecule has 1 aliphatic heterocycles. The Bertz CT molecular complexity index is 863. The molecule has 0 saturated heterocycles. The molecule has 0 radical (unpaired) electrons. The number of carbonyl (C=O) groups is 1. The number of halogens is 1. The van der Waals surface area contributed by atoms with Crippen LogP contribution in [0.2, 0.25) is 0 Å². The largest absolute Gasteiger partial charge is 0.493 e. The van der Waals surface area contributed by atoms with Crippen LogP contribution in [0.3, 0.4) is 0 Å². The molecule has 1 aliphatic rings. The zero-order valence-corrected chi connectivity index (χ0v) is 19.9. The van der Waals surface area contributed by atoms with Crippen molar-refractivity contribution in [1.82, 2.24) is 10.2 Å². The van der Waals surface area contributed by atoms with Gasteiger partial charge in [-0.15, -0.1) is 24.0 Å². The lowest BCUT2D eigenvalue weighted by molar-refractivity contribution is -0.131. The van der Waals surface area contributed by atoms with E-state index in [0.717, 1.165) is 12.1 Å². The Balaban J connectivity index is 0.00000320. The van der Waals surface area contributed by atoms with Gasteiger partial charge in [0.1, 0.15) is 0 Å². The first-order chi connectivity index (χ1) is 14.1. The lowest BCUT2D eigenvalue weighted by Gasteiger charge is -2.16. The summed E-state index contributed by atoms with van der Waals surface area (Å²) in [7, 11) is 4.92. The van der Waals surface area contributed by atoms with E-state index in [2.05, 4.69) is 27.8 Å². The predicted molar refractivity (Wildman–Crippen MR) is 130 cm³/mol. The van der Waals surface area contributed by atoms with Gasteiger partial charge in [-0.25, -0.2) is 0 Å². The van der Waals surface area contributed by atoms with Crippen LogP contribution in [0.15, 0.2) is 47.5 Å². The SMILES string of the molecule is CN=C(NCCCC(=O)N1Cc2ccccc2C1)Nc1ccc(OC)c(OC)c1.I. The van der Waals surface area contributed by atoms with Crippen LogP contribution in [0, 0.1) is 0 Å². The van der Waals surface area contributed by atoms with Gasteiger partial charge in [0.05, 0.1) is 14.2 Å². The number of guanidine groups is 1. The summed E-state index contributed by atoms with van der Waals surface area (Å²) >= 11 is 0. The van der Waals surface area contributed by atoms with E-state index in [1.807, 2.05) is 35.2 Å². The summed E-state index contributed by atoms with van der Waals surface area (Å²) in [5.41, 5.74) is 3.33. The molecular weight excluding hydrogens is 495 g/mol. The maximum absolute atomic E-state index is 12.5. The second-order valence-electron chi connectivity index (χ2n) is 6.82. The number of aliphatic imine (C=N–C) groups is 1. The number of hydrogen-bond acceptors (Lipinski definition) is 4. The Hall–Kier alpha value is -2.49. The van der Waals surface area contributed by atoms with Crippen molar-refractivity contribution in [2.75, 3.05) is 33.1 Å². The zero-order chi connectivity index (χ0) is 20.6. The van der Waals surface area contributed by atoms with E-state index in [-0.39, 0.29) is 29.9 Å². The Morgan fingerprint density at radius 2 is 1.73 bits per heavy atom. The Morgan fingerprint density at radius 1 is 1.07 bits per heavy atom. The molecule has 0 atom stereocenters. The molecule has 0 fully saturated rings. The second-order valence-corrected chi connectivity index (χ2v) is 6.82. The molecule has 0 bridgehead atoms. The highest BCUT2D eigenvalue weighted by Crippen LogP contribution is 2.29. The van der Waals surface area contributed by atoms with E-state index in [1.54, 1.807) is 21.3 Å². The van der Waals surface area contributed by atoms with Gasteiger partial charge >= 0.3 is 0 Å². The zero-order valence-electron chi connectivity index (χ0n) is 17.6. The first-order valence-corrected chi connectivity index (χ1v) is 9.69. The summed E-state index contributed by atoms with van der Waals surface area (Å²) < 4.78 is 10.6. The van der Waals surface area contributed by atoms with Crippen LogP contribution in [0.1, 0.15) is 24.0 Å². The third-order valence-electron chi connectivity index (χ3n) is 4.92. The van der Waals surface area contributed by atoms with Gasteiger partial charge in [0.25, 0.3) is 0 Å². The van der Waals surface area contributed by atoms with Crippen LogP contribution in [0.5, 0.6) is 11.5 Å². The van der Waals surface area contributed by atoms with Crippen LogP contribution < -0.4 is 20.1 Å². The molecule has 2 aromatic rings. The van der Waals surface area contributed by atoms with Gasteiger partial charge in [-0.05, 0) is 29.7 Å². The Morgan fingerprint density at radius 3 is 2.33 bits per heavy atom. The fourth-order valence-electron chi connectivity index (χ4n) is 3.34. The topological polar surface area (TPSA) is 75.2 Å². The van der Waals surface area contributed by atoms with Gasteiger partial charge in [-0.3, -0.25) is 9.79 Å². The van der Waals surface area contributed by atoms with E-state index in [9.17, 15) is 4.79 Å². The van der Waals surface area contributed by atoms with Gasteiger partial charge in [-0.2, -0.15) is 0 Å². The summed E-state index contributed by atoms with van der Waals surface area (Å²) in [6.45, 7) is 2.08. The van der Waals surface area contributed by atoms with Gasteiger partial charge in [0.2, 0.25) is 5.91 Å². The number of rotatable bonds is 7. The average Bonchev–Trinajstić information content (AvgIpc) is 3.20. The van der Waals surface area contributed by atoms with Crippen molar-refractivity contribution < 1.29 is 14.3 Å². The summed E-state index contributed by atoms with van der Waals surface area (Å²) in [5.74, 6) is 2.14. The summed E-state index contributed by atoms with van der Waals surface area (Å²) in [5, 5.41) is 6.46. The number of methoxy groups -OCH3 is 2. The highest BCUT2D eigenvalue weighted by Gasteiger charge is 2.22. The van der Waals surface area contributed by atoms with Crippen molar-refractivity contribution in [2.24, 2.45) is 4.99 Å². The molecule has 1 heterocycles. The number of fused-ring (bicyclic) bond motifs is 1. The maximum Gasteiger partial charge on any atom is 0.223 e. The number of nitrogens with one attached hydrogen (secondary N) is 2. The number of nitrogens with zero attached hydrogens (tertiary/aromatic N) is 2. The minimum absolute atomic E-state index is 0. The molecule has 0 aliphatic carbocycles. The molecule has 7 nitrogen and oxygen atoms in total. The minimum Gasteiger partial charge on any atom is -0.493 e. The van der Waals surface area contributed by atoms with Gasteiger partial charge in [0.15, 0.2) is 17.5 Å². The molecule has 30 heavy (non-hydrogen) atoms.